The van der Waals surface area contributed by atoms with Gasteiger partial charge in [-0.05, 0) is 38.5 Å². The molecule has 0 rings (SSSR count). The molecule has 0 aromatic rings. The van der Waals surface area contributed by atoms with Crippen molar-refractivity contribution >= 4 is 0 Å². The number of allylic oxidation sites excluding steroid dienone is 2. The molecule has 1 radical (unpaired) electrons. The van der Waals surface area contributed by atoms with E-state index in [1.807, 2.05) is 13.2 Å². The van der Waals surface area contributed by atoms with Crippen LogP contribution >= 0.6 is 0 Å². The third kappa shape index (κ3) is 11.9. The Hall–Kier alpha value is -0.560. The first-order chi connectivity index (χ1) is 8.85. The van der Waals surface area contributed by atoms with Crippen LogP contribution in [-0.4, -0.2) is 13.2 Å². The molecular weight excluding hydrogens is 220 g/mol. The fourth-order valence-electron chi connectivity index (χ4n) is 2.21. The minimum absolute atomic E-state index is 0.465. The molecule has 105 valence electrons. The Kier molecular flexibility index (Phi) is 14.0. The van der Waals surface area contributed by atoms with Crippen molar-refractivity contribution in [2.24, 2.45) is 0 Å². The summed E-state index contributed by atoms with van der Waals surface area (Å²) in [5.74, 6) is 0. The number of ether oxygens (including phenoxy) is 1. The van der Waals surface area contributed by atoms with E-state index in [2.05, 4.69) is 6.58 Å². The summed E-state index contributed by atoms with van der Waals surface area (Å²) >= 11 is 0. The largest absolute Gasteiger partial charge is 0.381 e. The SMILES string of the molecule is [CH]=CCCCCCCCC(CCCCC=C)OC. The summed E-state index contributed by atoms with van der Waals surface area (Å²) in [7, 11) is 1.84. The third-order valence-corrected chi connectivity index (χ3v) is 3.41. The van der Waals surface area contributed by atoms with Gasteiger partial charge in [-0.25, -0.2) is 0 Å². The third-order valence-electron chi connectivity index (χ3n) is 3.41. The molecule has 0 bridgehead atoms. The normalized spacial score (nSPS) is 12.3. The van der Waals surface area contributed by atoms with Crippen LogP contribution < -0.4 is 0 Å². The number of hydrogen-bond donors (Lipinski definition) is 0. The summed E-state index contributed by atoms with van der Waals surface area (Å²) in [5, 5.41) is 0. The number of hydrogen-bond acceptors (Lipinski definition) is 1. The molecule has 0 amide bonds. The van der Waals surface area contributed by atoms with Crippen LogP contribution in [0.15, 0.2) is 18.7 Å². The molecule has 1 unspecified atom stereocenters. The molecule has 0 aromatic carbocycles. The van der Waals surface area contributed by atoms with Gasteiger partial charge in [0.1, 0.15) is 0 Å². The van der Waals surface area contributed by atoms with Crippen LogP contribution in [0, 0.1) is 6.58 Å². The van der Waals surface area contributed by atoms with E-state index in [0.29, 0.717) is 6.10 Å². The zero-order chi connectivity index (χ0) is 13.5. The number of methoxy groups -OCH3 is 1. The van der Waals surface area contributed by atoms with E-state index in [1.165, 1.54) is 57.8 Å². The molecule has 0 aromatic heterocycles. The van der Waals surface area contributed by atoms with E-state index in [-0.39, 0.29) is 0 Å². The highest BCUT2D eigenvalue weighted by atomic mass is 16.5. The fraction of sp³-hybridized carbons (Fsp3) is 0.765. The van der Waals surface area contributed by atoms with Crippen molar-refractivity contribution in [1.29, 1.82) is 0 Å². The number of unbranched alkanes of at least 4 members (excludes halogenated alkanes) is 7. The van der Waals surface area contributed by atoms with Gasteiger partial charge in [0.05, 0.1) is 6.10 Å². The standard InChI is InChI=1S/C17H31O/c1-4-6-8-10-11-12-14-16-17(18-3)15-13-9-7-5-2/h1,4-5,17H,2,6-16H2,3H3. The molecule has 18 heavy (non-hydrogen) atoms. The van der Waals surface area contributed by atoms with Gasteiger partial charge in [-0.15, -0.1) is 6.58 Å². The lowest BCUT2D eigenvalue weighted by Crippen LogP contribution is -2.10. The molecule has 0 heterocycles. The van der Waals surface area contributed by atoms with Crippen LogP contribution in [0.5, 0.6) is 0 Å². The predicted octanol–water partition coefficient (Wildman–Crippen LogP) is 5.47. The molecule has 1 atom stereocenters. The second-order valence-electron chi connectivity index (χ2n) is 5.01. The first kappa shape index (κ1) is 17.4. The molecule has 0 aliphatic carbocycles. The quantitative estimate of drug-likeness (QED) is 0.294. The molecule has 0 aliphatic rings. The van der Waals surface area contributed by atoms with E-state index in [0.717, 1.165) is 12.8 Å². The van der Waals surface area contributed by atoms with Crippen LogP contribution in [0.2, 0.25) is 0 Å². The Morgan fingerprint density at radius 1 is 0.944 bits per heavy atom. The highest BCUT2D eigenvalue weighted by Crippen LogP contribution is 2.15. The molecule has 0 N–H and O–H groups in total. The van der Waals surface area contributed by atoms with Crippen molar-refractivity contribution in [2.75, 3.05) is 7.11 Å². The first-order valence-electron chi connectivity index (χ1n) is 7.52. The molecule has 0 spiro atoms. The Morgan fingerprint density at radius 2 is 1.50 bits per heavy atom. The summed E-state index contributed by atoms with van der Waals surface area (Å²) in [6.07, 6.45) is 17.9. The minimum atomic E-state index is 0.465. The average molecular weight is 251 g/mol. The second kappa shape index (κ2) is 14.5. The molecule has 0 aliphatic heterocycles. The van der Waals surface area contributed by atoms with Gasteiger partial charge in [-0.2, -0.15) is 0 Å². The Balaban J connectivity index is 3.32. The minimum Gasteiger partial charge on any atom is -0.381 e. The van der Waals surface area contributed by atoms with Gasteiger partial charge in [-0.1, -0.05) is 50.8 Å². The summed E-state index contributed by atoms with van der Waals surface area (Å²) in [4.78, 5) is 0. The monoisotopic (exact) mass is 251 g/mol. The predicted molar refractivity (Wildman–Crippen MR) is 80.7 cm³/mol. The van der Waals surface area contributed by atoms with Gasteiger partial charge in [-0.3, -0.25) is 0 Å². The van der Waals surface area contributed by atoms with E-state index in [4.69, 9.17) is 11.3 Å². The first-order valence-corrected chi connectivity index (χ1v) is 7.52. The van der Waals surface area contributed by atoms with Crippen LogP contribution in [0.4, 0.5) is 0 Å². The van der Waals surface area contributed by atoms with Crippen LogP contribution in [0.3, 0.4) is 0 Å². The van der Waals surface area contributed by atoms with Crippen LogP contribution in [0.1, 0.15) is 70.6 Å². The van der Waals surface area contributed by atoms with Crippen molar-refractivity contribution in [3.05, 3.63) is 25.3 Å². The molecular formula is C17H31O. The summed E-state index contributed by atoms with van der Waals surface area (Å²) < 4.78 is 5.53. The molecule has 1 nitrogen and oxygen atoms in total. The summed E-state index contributed by atoms with van der Waals surface area (Å²) in [5.41, 5.74) is 0. The van der Waals surface area contributed by atoms with Gasteiger partial charge in [0.2, 0.25) is 0 Å². The fourth-order valence-corrected chi connectivity index (χ4v) is 2.21. The number of rotatable bonds is 14. The average Bonchev–Trinajstić information content (AvgIpc) is 2.40. The van der Waals surface area contributed by atoms with Crippen molar-refractivity contribution < 1.29 is 4.74 Å². The smallest absolute Gasteiger partial charge is 0.0571 e. The lowest BCUT2D eigenvalue weighted by Gasteiger charge is -2.14. The molecule has 1 heteroatoms. The maximum Gasteiger partial charge on any atom is 0.0571 e. The zero-order valence-corrected chi connectivity index (χ0v) is 12.2. The van der Waals surface area contributed by atoms with Gasteiger partial charge >= 0.3 is 0 Å². The van der Waals surface area contributed by atoms with Gasteiger partial charge < -0.3 is 4.74 Å². The summed E-state index contributed by atoms with van der Waals surface area (Å²) in [6.45, 7) is 9.09. The lowest BCUT2D eigenvalue weighted by atomic mass is 10.0. The highest BCUT2D eigenvalue weighted by Gasteiger charge is 2.06. The zero-order valence-electron chi connectivity index (χ0n) is 12.2. The Morgan fingerprint density at radius 3 is 2.11 bits per heavy atom. The van der Waals surface area contributed by atoms with Gasteiger partial charge in [0.25, 0.3) is 0 Å². The Labute approximate surface area is 114 Å². The lowest BCUT2D eigenvalue weighted by molar-refractivity contribution is 0.0834. The highest BCUT2D eigenvalue weighted by molar-refractivity contribution is 4.67. The second-order valence-corrected chi connectivity index (χ2v) is 5.01. The topological polar surface area (TPSA) is 9.23 Å². The van der Waals surface area contributed by atoms with Crippen molar-refractivity contribution in [3.63, 3.8) is 0 Å². The molecule has 0 fully saturated rings. The molecule has 0 saturated heterocycles. The van der Waals surface area contributed by atoms with Crippen molar-refractivity contribution in [2.45, 2.75) is 76.7 Å². The van der Waals surface area contributed by atoms with Crippen molar-refractivity contribution in [1.82, 2.24) is 0 Å². The van der Waals surface area contributed by atoms with E-state index in [1.54, 1.807) is 6.08 Å². The van der Waals surface area contributed by atoms with Gasteiger partial charge in [0, 0.05) is 7.11 Å². The van der Waals surface area contributed by atoms with Crippen LogP contribution in [0.25, 0.3) is 0 Å². The molecule has 0 saturated carbocycles. The summed E-state index contributed by atoms with van der Waals surface area (Å²) in [6, 6.07) is 0. The van der Waals surface area contributed by atoms with Crippen molar-refractivity contribution in [3.8, 4) is 0 Å². The van der Waals surface area contributed by atoms with Crippen LogP contribution in [-0.2, 0) is 4.74 Å². The van der Waals surface area contributed by atoms with E-state index < -0.39 is 0 Å². The Bertz CT molecular complexity index is 186. The van der Waals surface area contributed by atoms with E-state index >= 15 is 0 Å². The maximum atomic E-state index is 5.53. The van der Waals surface area contributed by atoms with E-state index in [9.17, 15) is 0 Å². The maximum absolute atomic E-state index is 5.53. The van der Waals surface area contributed by atoms with Gasteiger partial charge in [0.15, 0.2) is 0 Å².